The number of hydrogen-bond acceptors (Lipinski definition) is 10. The van der Waals surface area contributed by atoms with Crippen molar-refractivity contribution < 1.29 is 36.3 Å². The van der Waals surface area contributed by atoms with Crippen LogP contribution in [0.5, 0.6) is 0 Å². The maximum atomic E-state index is 14.1. The summed E-state index contributed by atoms with van der Waals surface area (Å²) in [6.45, 7) is 1.35. The lowest BCUT2D eigenvalue weighted by atomic mass is 9.88. The highest BCUT2D eigenvalue weighted by molar-refractivity contribution is 9.10. The van der Waals surface area contributed by atoms with Crippen LogP contribution < -0.4 is 20.6 Å². The molecule has 18 heteroatoms. The summed E-state index contributed by atoms with van der Waals surface area (Å²) < 4.78 is 57.8. The molecule has 2 aliphatic rings. The second-order valence-electron chi connectivity index (χ2n) is 9.17. The molecule has 0 spiro atoms. The zero-order valence-electron chi connectivity index (χ0n) is 21.9. The number of allylic oxidation sites excluding steroid dienone is 2. The number of rotatable bonds is 9. The van der Waals surface area contributed by atoms with Gasteiger partial charge in [-0.25, -0.2) is 22.4 Å². The highest BCUT2D eigenvalue weighted by atomic mass is 79.9. The van der Waals surface area contributed by atoms with Crippen LogP contribution >= 0.6 is 51.3 Å². The summed E-state index contributed by atoms with van der Waals surface area (Å²) in [7, 11) is -4.34. The standard InChI is InChI=1S/C26H18BrCl2FN4O8S2/c1-11-23(42-26(38)41-11)21(12-4-5-17(30)14(27)7-12)22(25(36)37)32-24(35)13-8-15(28)16(29)9-18(13)33-44(39,40)20-3-2-6-34-19(20)10-31-43-34/h2-10,21-22,31,33H,1H3,(H,32,35)(H,36,37). The van der Waals surface area contributed by atoms with E-state index < -0.39 is 45.5 Å². The highest BCUT2D eigenvalue weighted by Gasteiger charge is 2.38. The van der Waals surface area contributed by atoms with Gasteiger partial charge < -0.3 is 24.0 Å². The van der Waals surface area contributed by atoms with Gasteiger partial charge in [0.05, 0.1) is 49.5 Å². The van der Waals surface area contributed by atoms with Gasteiger partial charge in [0.15, 0.2) is 5.76 Å². The fraction of sp³-hybridized carbons (Fsp3) is 0.115. The van der Waals surface area contributed by atoms with Crippen LogP contribution in [0.25, 0.3) is 0 Å². The summed E-state index contributed by atoms with van der Waals surface area (Å²) in [6, 6.07) is 3.87. The quantitative estimate of drug-likeness (QED) is 0.212. The van der Waals surface area contributed by atoms with Crippen LogP contribution in [0.15, 0.2) is 83.6 Å². The maximum Gasteiger partial charge on any atom is 0.519 e. The second kappa shape index (κ2) is 12.4. The van der Waals surface area contributed by atoms with E-state index in [9.17, 15) is 32.3 Å². The number of hydrogen-bond donors (Lipinski definition) is 4. The number of nitrogens with zero attached hydrogens (tertiary/aromatic N) is 1. The van der Waals surface area contributed by atoms with Crippen molar-refractivity contribution in [2.75, 3.05) is 4.72 Å². The molecule has 2 aliphatic heterocycles. The molecule has 3 heterocycles. The Morgan fingerprint density at radius 2 is 1.91 bits per heavy atom. The third kappa shape index (κ3) is 6.25. The van der Waals surface area contributed by atoms with Crippen LogP contribution in [0.2, 0.25) is 10.0 Å². The van der Waals surface area contributed by atoms with E-state index in [1.165, 1.54) is 37.4 Å². The number of aryl methyl sites for hydroxylation is 1. The molecule has 230 valence electrons. The van der Waals surface area contributed by atoms with Gasteiger partial charge in [0.1, 0.15) is 22.5 Å². The maximum absolute atomic E-state index is 14.1. The number of nitrogens with one attached hydrogen (secondary N) is 3. The van der Waals surface area contributed by atoms with E-state index in [2.05, 4.69) is 30.7 Å². The van der Waals surface area contributed by atoms with Gasteiger partial charge in [-0.05, 0) is 64.8 Å². The average molecular weight is 748 g/mol. The summed E-state index contributed by atoms with van der Waals surface area (Å²) in [4.78, 5) is 38.1. The van der Waals surface area contributed by atoms with Crippen molar-refractivity contribution in [2.45, 2.75) is 18.9 Å². The molecule has 0 radical (unpaired) electrons. The van der Waals surface area contributed by atoms with Crippen LogP contribution in [0.4, 0.5) is 10.1 Å². The predicted octanol–water partition coefficient (Wildman–Crippen LogP) is 5.23. The zero-order chi connectivity index (χ0) is 31.9. The SMILES string of the molecule is Cc1oc(=O)oc1C(c1ccc(F)c(Br)c1)C(NC(=O)c1cc(Cl)c(Cl)cc1NS(=O)(=O)C1=CC=CN2SNC=C12)C(=O)O. The first kappa shape index (κ1) is 31.7. The summed E-state index contributed by atoms with van der Waals surface area (Å²) >= 11 is 16.5. The zero-order valence-corrected chi connectivity index (χ0v) is 26.7. The number of carboxylic acid groups (broad SMARTS) is 1. The molecule has 2 unspecified atom stereocenters. The molecule has 2 atom stereocenters. The Morgan fingerprint density at radius 1 is 1.18 bits per heavy atom. The minimum Gasteiger partial charge on any atom is -0.480 e. The van der Waals surface area contributed by atoms with E-state index in [1.807, 2.05) is 0 Å². The molecular formula is C26H18BrCl2FN4O8S2. The highest BCUT2D eigenvalue weighted by Crippen LogP contribution is 2.37. The third-order valence-electron chi connectivity index (χ3n) is 6.39. The van der Waals surface area contributed by atoms with Crippen molar-refractivity contribution in [1.29, 1.82) is 0 Å². The molecule has 0 saturated heterocycles. The molecule has 0 aliphatic carbocycles. The van der Waals surface area contributed by atoms with Gasteiger partial charge in [0.2, 0.25) is 0 Å². The van der Waals surface area contributed by atoms with E-state index in [-0.39, 0.29) is 47.8 Å². The van der Waals surface area contributed by atoms with E-state index in [4.69, 9.17) is 32.0 Å². The molecule has 2 aromatic carbocycles. The second-order valence-corrected chi connectivity index (χ2v) is 13.3. The van der Waals surface area contributed by atoms with Crippen LogP contribution in [0.1, 0.15) is 33.4 Å². The lowest BCUT2D eigenvalue weighted by Gasteiger charge is -2.25. The number of aliphatic carboxylic acids is 1. The van der Waals surface area contributed by atoms with Crippen molar-refractivity contribution in [3.05, 3.63) is 119 Å². The first-order chi connectivity index (χ1) is 20.8. The van der Waals surface area contributed by atoms with Gasteiger partial charge in [-0.3, -0.25) is 13.8 Å². The molecule has 1 aromatic heterocycles. The Labute approximate surface area is 271 Å². The molecule has 3 aromatic rings. The summed E-state index contributed by atoms with van der Waals surface area (Å²) in [5.41, 5.74) is -0.246. The van der Waals surface area contributed by atoms with E-state index in [1.54, 1.807) is 10.5 Å². The number of carbonyl (C=O) groups excluding carboxylic acids is 1. The van der Waals surface area contributed by atoms with Gasteiger partial charge in [-0.2, -0.15) is 0 Å². The lowest BCUT2D eigenvalue weighted by Crippen LogP contribution is -2.45. The number of fused-ring (bicyclic) bond motifs is 1. The predicted molar refractivity (Wildman–Crippen MR) is 164 cm³/mol. The summed E-state index contributed by atoms with van der Waals surface area (Å²) in [5.74, 6) is -6.18. The fourth-order valence-electron chi connectivity index (χ4n) is 4.43. The monoisotopic (exact) mass is 746 g/mol. The number of carboxylic acids is 1. The fourth-order valence-corrected chi connectivity index (χ4v) is 7.13. The molecule has 4 N–H and O–H groups in total. The Bertz CT molecular complexity index is 1960. The average Bonchev–Trinajstić information content (AvgIpc) is 3.57. The third-order valence-corrected chi connectivity index (χ3v) is 9.87. The first-order valence-electron chi connectivity index (χ1n) is 12.2. The van der Waals surface area contributed by atoms with Crippen molar-refractivity contribution in [2.24, 2.45) is 0 Å². The largest absolute Gasteiger partial charge is 0.519 e. The molecule has 0 saturated carbocycles. The number of sulfonamides is 1. The van der Waals surface area contributed by atoms with Crippen LogP contribution in [0, 0.1) is 12.7 Å². The summed E-state index contributed by atoms with van der Waals surface area (Å²) in [6.07, 6.45) is 5.97. The Balaban J connectivity index is 1.55. The van der Waals surface area contributed by atoms with Gasteiger partial charge in [0, 0.05) is 12.4 Å². The Hall–Kier alpha value is -3.70. The van der Waals surface area contributed by atoms with E-state index >= 15 is 0 Å². The van der Waals surface area contributed by atoms with Crippen molar-refractivity contribution in [3.63, 3.8) is 0 Å². The molecule has 12 nitrogen and oxygen atoms in total. The number of amides is 1. The summed E-state index contributed by atoms with van der Waals surface area (Å²) in [5, 5.41) is 12.4. The number of anilines is 1. The van der Waals surface area contributed by atoms with Crippen LogP contribution in [-0.2, 0) is 14.8 Å². The van der Waals surface area contributed by atoms with Gasteiger partial charge in [-0.15, -0.1) is 0 Å². The van der Waals surface area contributed by atoms with E-state index in [0.717, 1.165) is 30.3 Å². The van der Waals surface area contributed by atoms with Crippen molar-refractivity contribution in [3.8, 4) is 0 Å². The van der Waals surface area contributed by atoms with Gasteiger partial charge in [-0.1, -0.05) is 29.3 Å². The molecule has 1 amide bonds. The number of benzene rings is 2. The minimum atomic E-state index is -4.34. The Morgan fingerprint density at radius 3 is 2.57 bits per heavy atom. The first-order valence-corrected chi connectivity index (χ1v) is 16.0. The van der Waals surface area contributed by atoms with Crippen LogP contribution in [-0.4, -0.2) is 35.7 Å². The lowest BCUT2D eigenvalue weighted by molar-refractivity contribution is -0.139. The van der Waals surface area contributed by atoms with Crippen molar-refractivity contribution >= 4 is 78.9 Å². The van der Waals surface area contributed by atoms with Gasteiger partial charge >= 0.3 is 11.8 Å². The Kier molecular flexibility index (Phi) is 8.91. The van der Waals surface area contributed by atoms with Crippen molar-refractivity contribution in [1.82, 2.24) is 14.3 Å². The van der Waals surface area contributed by atoms with Gasteiger partial charge in [0.25, 0.3) is 15.9 Å². The minimum absolute atomic E-state index is 0.0310. The molecule has 44 heavy (non-hydrogen) atoms. The number of halogens is 4. The normalized spacial score (nSPS) is 15.5. The molecule has 0 bridgehead atoms. The molecule has 5 rings (SSSR count). The smallest absolute Gasteiger partial charge is 0.480 e. The van der Waals surface area contributed by atoms with Crippen LogP contribution in [0.3, 0.4) is 0 Å². The molecule has 0 fully saturated rings. The number of carbonyl (C=O) groups is 2. The topological polar surface area (TPSA) is 171 Å². The molecular weight excluding hydrogens is 730 g/mol. The van der Waals surface area contributed by atoms with E-state index in [0.29, 0.717) is 5.70 Å².